The van der Waals surface area contributed by atoms with Crippen LogP contribution in [0.1, 0.15) is 22.5 Å². The molecule has 0 fully saturated rings. The van der Waals surface area contributed by atoms with Crippen molar-refractivity contribution in [3.63, 3.8) is 0 Å². The smallest absolute Gasteiger partial charge is 0.155 e. The minimum absolute atomic E-state index is 0.397. The second kappa shape index (κ2) is 6.02. The second-order valence-electron chi connectivity index (χ2n) is 4.52. The molecule has 102 valence electrons. The van der Waals surface area contributed by atoms with E-state index in [1.807, 2.05) is 49.2 Å². The van der Waals surface area contributed by atoms with Crippen molar-refractivity contribution in [2.75, 3.05) is 18.5 Å². The number of hydrogen-bond acceptors (Lipinski definition) is 4. The molecule has 0 aliphatic carbocycles. The number of para-hydroxylation sites is 1. The molecule has 0 spiro atoms. The molecule has 5 nitrogen and oxygen atoms in total. The van der Waals surface area contributed by atoms with Crippen molar-refractivity contribution in [3.05, 3.63) is 41.6 Å². The van der Waals surface area contributed by atoms with Crippen LogP contribution in [0.15, 0.2) is 30.3 Å². The largest absolute Gasteiger partial charge is 0.358 e. The quantitative estimate of drug-likeness (QED) is 0.781. The lowest BCUT2D eigenvalue weighted by atomic mass is 10.2. The van der Waals surface area contributed by atoms with Gasteiger partial charge in [0.05, 0.1) is 29.4 Å². The zero-order chi connectivity index (χ0) is 14.5. The summed E-state index contributed by atoms with van der Waals surface area (Å²) >= 11 is 0. The highest BCUT2D eigenvalue weighted by molar-refractivity contribution is 5.85. The molecule has 2 rings (SSSR count). The Hall–Kier alpha value is -2.61. The second-order valence-corrected chi connectivity index (χ2v) is 4.52. The maximum Gasteiger partial charge on any atom is 0.155 e. The molecule has 0 unspecified atom stereocenters. The third-order valence-corrected chi connectivity index (χ3v) is 3.12. The van der Waals surface area contributed by atoms with Crippen molar-refractivity contribution < 1.29 is 4.79 Å². The summed E-state index contributed by atoms with van der Waals surface area (Å²) < 4.78 is 1.75. The number of rotatable bonds is 5. The molecule has 0 aliphatic rings. The van der Waals surface area contributed by atoms with E-state index in [0.717, 1.165) is 17.8 Å². The lowest BCUT2D eigenvalue weighted by molar-refractivity contribution is 0.112. The summed E-state index contributed by atoms with van der Waals surface area (Å²) in [6.07, 6.45) is 1.22. The van der Waals surface area contributed by atoms with E-state index in [0.29, 0.717) is 24.2 Å². The molecule has 0 amide bonds. The van der Waals surface area contributed by atoms with E-state index in [1.165, 1.54) is 0 Å². The summed E-state index contributed by atoms with van der Waals surface area (Å²) in [4.78, 5) is 13.2. The summed E-state index contributed by atoms with van der Waals surface area (Å²) in [6, 6.07) is 11.8. The predicted octanol–water partition coefficient (Wildman–Crippen LogP) is 2.34. The number of benzene rings is 1. The first-order valence-corrected chi connectivity index (χ1v) is 6.37. The van der Waals surface area contributed by atoms with Gasteiger partial charge in [-0.25, -0.2) is 4.68 Å². The Bertz CT molecular complexity index is 640. The first-order valence-electron chi connectivity index (χ1n) is 6.37. The van der Waals surface area contributed by atoms with Gasteiger partial charge in [0.1, 0.15) is 5.82 Å². The molecule has 0 bridgehead atoms. The molecule has 1 heterocycles. The number of nitrogens with zero attached hydrogens (tertiary/aromatic N) is 4. The number of anilines is 1. The average molecular weight is 268 g/mol. The number of carbonyl (C=O) groups excluding carboxylic acids is 1. The molecule has 5 heteroatoms. The summed E-state index contributed by atoms with van der Waals surface area (Å²) in [7, 11) is 1.86. The third kappa shape index (κ3) is 2.54. The zero-order valence-corrected chi connectivity index (χ0v) is 11.6. The zero-order valence-electron chi connectivity index (χ0n) is 11.6. The van der Waals surface area contributed by atoms with Crippen molar-refractivity contribution >= 4 is 12.1 Å². The normalized spacial score (nSPS) is 10.1. The van der Waals surface area contributed by atoms with Crippen LogP contribution in [0.4, 0.5) is 5.82 Å². The number of carbonyl (C=O) groups is 1. The van der Waals surface area contributed by atoms with E-state index in [2.05, 4.69) is 11.2 Å². The highest BCUT2D eigenvalue weighted by atomic mass is 16.1. The number of aryl methyl sites for hydroxylation is 1. The van der Waals surface area contributed by atoms with Crippen molar-refractivity contribution in [1.82, 2.24) is 9.78 Å². The average Bonchev–Trinajstić information content (AvgIpc) is 2.82. The summed E-state index contributed by atoms with van der Waals surface area (Å²) in [5.74, 6) is 0.721. The molecule has 0 saturated carbocycles. The molecule has 1 aromatic carbocycles. The van der Waals surface area contributed by atoms with Gasteiger partial charge in [0.2, 0.25) is 0 Å². The fraction of sp³-hybridized carbons (Fsp3) is 0.267. The standard InChI is InChI=1S/C15H16N4O/c1-12-14(11-20)15(18(2)10-6-9-16)19(17-12)13-7-4-3-5-8-13/h3-5,7-8,11H,6,10H2,1-2H3. The van der Waals surface area contributed by atoms with Gasteiger partial charge < -0.3 is 4.90 Å². The van der Waals surface area contributed by atoms with Crippen LogP contribution in [-0.4, -0.2) is 29.7 Å². The molecule has 0 N–H and O–H groups in total. The van der Waals surface area contributed by atoms with Crippen molar-refractivity contribution in [3.8, 4) is 11.8 Å². The first-order chi connectivity index (χ1) is 9.69. The van der Waals surface area contributed by atoms with E-state index in [1.54, 1.807) is 4.68 Å². The highest BCUT2D eigenvalue weighted by Gasteiger charge is 2.19. The maximum atomic E-state index is 11.3. The van der Waals surface area contributed by atoms with Crippen LogP contribution in [0.2, 0.25) is 0 Å². The van der Waals surface area contributed by atoms with Gasteiger partial charge in [0.15, 0.2) is 6.29 Å². The number of hydrogen-bond donors (Lipinski definition) is 0. The van der Waals surface area contributed by atoms with Gasteiger partial charge in [0, 0.05) is 13.6 Å². The fourth-order valence-electron chi connectivity index (χ4n) is 2.11. The first kappa shape index (κ1) is 13.8. The predicted molar refractivity (Wildman–Crippen MR) is 77.2 cm³/mol. The molecule has 0 aliphatic heterocycles. The number of nitriles is 1. The van der Waals surface area contributed by atoms with Crippen molar-refractivity contribution in [2.45, 2.75) is 13.3 Å². The van der Waals surface area contributed by atoms with E-state index in [4.69, 9.17) is 5.26 Å². The van der Waals surface area contributed by atoms with Gasteiger partial charge in [-0.05, 0) is 19.1 Å². The van der Waals surface area contributed by atoms with Gasteiger partial charge in [-0.2, -0.15) is 10.4 Å². The van der Waals surface area contributed by atoms with E-state index >= 15 is 0 Å². The Morgan fingerprint density at radius 1 is 1.40 bits per heavy atom. The van der Waals surface area contributed by atoms with Gasteiger partial charge >= 0.3 is 0 Å². The monoisotopic (exact) mass is 268 g/mol. The maximum absolute atomic E-state index is 11.3. The molecule has 2 aromatic rings. The van der Waals surface area contributed by atoms with Crippen molar-refractivity contribution in [1.29, 1.82) is 5.26 Å². The lowest BCUT2D eigenvalue weighted by Crippen LogP contribution is -2.22. The third-order valence-electron chi connectivity index (χ3n) is 3.12. The molecule has 0 saturated heterocycles. The van der Waals surface area contributed by atoms with Gasteiger partial charge in [0.25, 0.3) is 0 Å². The van der Waals surface area contributed by atoms with Crippen LogP contribution in [-0.2, 0) is 0 Å². The van der Waals surface area contributed by atoms with Crippen LogP contribution in [0, 0.1) is 18.3 Å². The summed E-state index contributed by atoms with van der Waals surface area (Å²) in [5.41, 5.74) is 2.14. The van der Waals surface area contributed by atoms with Crippen LogP contribution >= 0.6 is 0 Å². The number of aromatic nitrogens is 2. The highest BCUT2D eigenvalue weighted by Crippen LogP contribution is 2.25. The van der Waals surface area contributed by atoms with Gasteiger partial charge in [-0.15, -0.1) is 0 Å². The molecule has 1 aromatic heterocycles. The van der Waals surface area contributed by atoms with Gasteiger partial charge in [-0.1, -0.05) is 18.2 Å². The van der Waals surface area contributed by atoms with Crippen LogP contribution in [0.3, 0.4) is 0 Å². The Morgan fingerprint density at radius 2 is 2.10 bits per heavy atom. The van der Waals surface area contributed by atoms with Crippen molar-refractivity contribution in [2.24, 2.45) is 0 Å². The van der Waals surface area contributed by atoms with Crippen LogP contribution in [0.5, 0.6) is 0 Å². The van der Waals surface area contributed by atoms with E-state index in [9.17, 15) is 4.79 Å². The van der Waals surface area contributed by atoms with E-state index in [-0.39, 0.29) is 0 Å². The molecule has 0 radical (unpaired) electrons. The molecular weight excluding hydrogens is 252 g/mol. The Labute approximate surface area is 118 Å². The fourth-order valence-corrected chi connectivity index (χ4v) is 2.11. The minimum Gasteiger partial charge on any atom is -0.358 e. The topological polar surface area (TPSA) is 61.9 Å². The summed E-state index contributed by atoms with van der Waals surface area (Å²) in [6.45, 7) is 2.36. The molecule has 20 heavy (non-hydrogen) atoms. The Kier molecular flexibility index (Phi) is 4.16. The number of aldehydes is 1. The van der Waals surface area contributed by atoms with Crippen LogP contribution < -0.4 is 4.90 Å². The molecular formula is C15H16N4O. The Balaban J connectivity index is 2.52. The van der Waals surface area contributed by atoms with Gasteiger partial charge in [-0.3, -0.25) is 4.79 Å². The summed E-state index contributed by atoms with van der Waals surface area (Å²) in [5, 5.41) is 13.2. The van der Waals surface area contributed by atoms with Crippen LogP contribution in [0.25, 0.3) is 5.69 Å². The van der Waals surface area contributed by atoms with E-state index < -0.39 is 0 Å². The lowest BCUT2D eigenvalue weighted by Gasteiger charge is -2.19. The molecule has 0 atom stereocenters. The minimum atomic E-state index is 0.397. The SMILES string of the molecule is Cc1nn(-c2ccccc2)c(N(C)CCC#N)c1C=O. The Morgan fingerprint density at radius 3 is 2.70 bits per heavy atom.